The summed E-state index contributed by atoms with van der Waals surface area (Å²) in [6, 6.07) is 0.999. The first-order valence-electron chi connectivity index (χ1n) is 8.91. The number of aliphatic hydroxyl groups excluding tert-OH is 1. The smallest absolute Gasteiger partial charge is 0.407 e. The van der Waals surface area contributed by atoms with Crippen LogP contribution in [-0.4, -0.2) is 71.6 Å². The number of carbonyl (C=O) groups excluding carboxylic acids is 1. The number of carbonyl (C=O) groups is 2. The number of nitrogens with zero attached hydrogens (tertiary/aromatic N) is 2. The van der Waals surface area contributed by atoms with Gasteiger partial charge < -0.3 is 19.8 Å². The highest BCUT2D eigenvalue weighted by molar-refractivity contribution is 5.97. The van der Waals surface area contributed by atoms with Gasteiger partial charge in [0.2, 0.25) is 0 Å². The van der Waals surface area contributed by atoms with E-state index in [0.717, 1.165) is 21.8 Å². The molecule has 0 aromatic heterocycles. The molecule has 0 spiro atoms. The van der Waals surface area contributed by atoms with Crippen LogP contribution in [0.2, 0.25) is 0 Å². The molecule has 1 aromatic rings. The summed E-state index contributed by atoms with van der Waals surface area (Å²) in [5.74, 6) is 0.284. The molecule has 1 aliphatic rings. The fourth-order valence-electron chi connectivity index (χ4n) is 3.59. The molecule has 1 aliphatic heterocycles. The summed E-state index contributed by atoms with van der Waals surface area (Å²) in [6.45, 7) is 5.81. The first-order valence-corrected chi connectivity index (χ1v) is 8.91. The van der Waals surface area contributed by atoms with Crippen LogP contribution in [0.25, 0.3) is 0 Å². The number of benzene rings is 1. The van der Waals surface area contributed by atoms with Gasteiger partial charge in [0.25, 0.3) is 5.91 Å². The van der Waals surface area contributed by atoms with Crippen molar-refractivity contribution in [3.63, 3.8) is 0 Å². The van der Waals surface area contributed by atoms with Crippen LogP contribution < -0.4 is 4.74 Å². The van der Waals surface area contributed by atoms with E-state index in [4.69, 9.17) is 9.57 Å². The van der Waals surface area contributed by atoms with E-state index in [9.17, 15) is 19.8 Å². The summed E-state index contributed by atoms with van der Waals surface area (Å²) in [7, 11) is 2.92. The van der Waals surface area contributed by atoms with Crippen LogP contribution in [0, 0.1) is 20.8 Å². The Morgan fingerprint density at radius 1 is 1.22 bits per heavy atom. The van der Waals surface area contributed by atoms with Crippen molar-refractivity contribution in [2.45, 2.75) is 45.8 Å². The standard InChI is InChI=1S/C19H28N2O6/c1-11-9-16(26-4)12(2)13(3)17(11)18(23)21(27-5)14-10-20(19(24)25)8-6-7-15(14)22/h9,14-15,22H,6-8,10H2,1-5H3,(H,24,25)/t14-,15-/m1/s1. The number of hydroxylamine groups is 2. The van der Waals surface area contributed by atoms with Crippen LogP contribution in [0.4, 0.5) is 4.79 Å². The van der Waals surface area contributed by atoms with Crippen LogP contribution in [0.1, 0.15) is 39.9 Å². The van der Waals surface area contributed by atoms with E-state index < -0.39 is 24.1 Å². The third-order valence-corrected chi connectivity index (χ3v) is 5.23. The van der Waals surface area contributed by atoms with Crippen molar-refractivity contribution in [3.8, 4) is 5.75 Å². The summed E-state index contributed by atoms with van der Waals surface area (Å²) in [4.78, 5) is 31.3. The second kappa shape index (κ2) is 8.58. The van der Waals surface area contributed by atoms with Gasteiger partial charge in [0, 0.05) is 18.7 Å². The number of likely N-dealkylation sites (tertiary alicyclic amines) is 1. The lowest BCUT2D eigenvalue weighted by Crippen LogP contribution is -2.52. The van der Waals surface area contributed by atoms with Gasteiger partial charge >= 0.3 is 6.09 Å². The lowest BCUT2D eigenvalue weighted by Gasteiger charge is -2.34. The molecule has 8 heteroatoms. The monoisotopic (exact) mass is 380 g/mol. The highest BCUT2D eigenvalue weighted by atomic mass is 16.7. The van der Waals surface area contributed by atoms with Crippen LogP contribution in [0.5, 0.6) is 5.75 Å². The average Bonchev–Trinajstić information content (AvgIpc) is 2.81. The molecule has 0 aliphatic carbocycles. The second-order valence-electron chi connectivity index (χ2n) is 6.84. The fraction of sp³-hybridized carbons (Fsp3) is 0.579. The van der Waals surface area contributed by atoms with Gasteiger partial charge in [-0.1, -0.05) is 0 Å². The highest BCUT2D eigenvalue weighted by Gasteiger charge is 2.37. The molecule has 27 heavy (non-hydrogen) atoms. The molecule has 2 N–H and O–H groups in total. The van der Waals surface area contributed by atoms with Crippen molar-refractivity contribution < 1.29 is 29.4 Å². The summed E-state index contributed by atoms with van der Waals surface area (Å²) < 4.78 is 5.35. The van der Waals surface area contributed by atoms with Crippen LogP contribution in [-0.2, 0) is 4.84 Å². The maximum atomic E-state index is 13.3. The fourth-order valence-corrected chi connectivity index (χ4v) is 3.59. The van der Waals surface area contributed by atoms with Crippen molar-refractivity contribution in [1.29, 1.82) is 0 Å². The average molecular weight is 380 g/mol. The van der Waals surface area contributed by atoms with E-state index in [1.165, 1.54) is 12.0 Å². The minimum atomic E-state index is -1.08. The predicted molar refractivity (Wildman–Crippen MR) is 99.0 cm³/mol. The van der Waals surface area contributed by atoms with Crippen molar-refractivity contribution in [3.05, 3.63) is 28.3 Å². The number of carboxylic acid groups (broad SMARTS) is 1. The number of hydrogen-bond acceptors (Lipinski definition) is 5. The Morgan fingerprint density at radius 2 is 1.89 bits per heavy atom. The Kier molecular flexibility index (Phi) is 6.67. The number of ether oxygens (including phenoxy) is 1. The molecule has 150 valence electrons. The van der Waals surface area contributed by atoms with Crippen LogP contribution >= 0.6 is 0 Å². The van der Waals surface area contributed by atoms with Gasteiger partial charge in [-0.15, -0.1) is 0 Å². The van der Waals surface area contributed by atoms with Gasteiger partial charge in [-0.05, 0) is 56.4 Å². The highest BCUT2D eigenvalue weighted by Crippen LogP contribution is 2.29. The Labute approximate surface area is 159 Å². The normalized spacial score (nSPS) is 20.1. The molecule has 0 bridgehead atoms. The number of aryl methyl sites for hydroxylation is 1. The molecule has 0 unspecified atom stereocenters. The van der Waals surface area contributed by atoms with E-state index in [-0.39, 0.29) is 6.54 Å². The molecule has 2 amide bonds. The van der Waals surface area contributed by atoms with Crippen molar-refractivity contribution in [2.75, 3.05) is 27.3 Å². The third-order valence-electron chi connectivity index (χ3n) is 5.23. The van der Waals surface area contributed by atoms with Crippen molar-refractivity contribution >= 4 is 12.0 Å². The van der Waals surface area contributed by atoms with Gasteiger partial charge in [-0.25, -0.2) is 9.86 Å². The zero-order chi connectivity index (χ0) is 20.3. The number of rotatable bonds is 4. The van der Waals surface area contributed by atoms with Gasteiger partial charge in [0.15, 0.2) is 0 Å². The van der Waals surface area contributed by atoms with Gasteiger partial charge in [0.1, 0.15) is 11.8 Å². The molecule has 2 rings (SSSR count). The van der Waals surface area contributed by atoms with Crippen LogP contribution in [0.15, 0.2) is 6.07 Å². The van der Waals surface area contributed by atoms with Crippen LogP contribution in [0.3, 0.4) is 0 Å². The molecule has 0 radical (unpaired) electrons. The maximum absolute atomic E-state index is 13.3. The first kappa shape index (κ1) is 21.0. The first-order chi connectivity index (χ1) is 12.7. The summed E-state index contributed by atoms with van der Waals surface area (Å²) >= 11 is 0. The minimum Gasteiger partial charge on any atom is -0.496 e. The molecule has 0 saturated carbocycles. The lowest BCUT2D eigenvalue weighted by molar-refractivity contribution is -0.149. The maximum Gasteiger partial charge on any atom is 0.407 e. The topological polar surface area (TPSA) is 99.5 Å². The number of amides is 2. The summed E-state index contributed by atoms with van der Waals surface area (Å²) in [5.41, 5.74) is 2.79. The molecular formula is C19H28N2O6. The Hall–Kier alpha value is -2.32. The molecule has 1 aromatic carbocycles. The van der Waals surface area contributed by atoms with Gasteiger partial charge in [-0.2, -0.15) is 0 Å². The number of hydrogen-bond donors (Lipinski definition) is 2. The van der Waals surface area contributed by atoms with Crippen molar-refractivity contribution in [2.24, 2.45) is 0 Å². The minimum absolute atomic E-state index is 0.0106. The SMILES string of the molecule is COc1cc(C)c(C(=O)N(OC)[C@@H]2CN(C(=O)O)CCC[C@H]2O)c(C)c1C. The Balaban J connectivity index is 2.43. The van der Waals surface area contributed by atoms with E-state index in [0.29, 0.717) is 30.7 Å². The van der Waals surface area contributed by atoms with Gasteiger partial charge in [0.05, 0.1) is 20.3 Å². The Morgan fingerprint density at radius 3 is 2.44 bits per heavy atom. The molecule has 1 saturated heterocycles. The zero-order valence-corrected chi connectivity index (χ0v) is 16.5. The molecule has 8 nitrogen and oxygen atoms in total. The molecule has 2 atom stereocenters. The van der Waals surface area contributed by atoms with Crippen molar-refractivity contribution in [1.82, 2.24) is 9.96 Å². The van der Waals surface area contributed by atoms with E-state index in [2.05, 4.69) is 0 Å². The van der Waals surface area contributed by atoms with Gasteiger partial charge in [-0.3, -0.25) is 9.63 Å². The third kappa shape index (κ3) is 4.17. The second-order valence-corrected chi connectivity index (χ2v) is 6.84. The zero-order valence-electron chi connectivity index (χ0n) is 16.5. The lowest BCUT2D eigenvalue weighted by atomic mass is 9.96. The largest absolute Gasteiger partial charge is 0.496 e. The quantitative estimate of drug-likeness (QED) is 0.777. The summed E-state index contributed by atoms with van der Waals surface area (Å²) in [6.07, 6.45) is -1.04. The molecule has 1 heterocycles. The molecule has 1 fully saturated rings. The number of aliphatic hydroxyl groups is 1. The molecular weight excluding hydrogens is 352 g/mol. The van der Waals surface area contributed by atoms with E-state index in [1.54, 1.807) is 13.2 Å². The summed E-state index contributed by atoms with van der Waals surface area (Å²) in [5, 5.41) is 21.0. The van der Waals surface area contributed by atoms with E-state index in [1.807, 2.05) is 20.8 Å². The number of methoxy groups -OCH3 is 1. The Bertz CT molecular complexity index is 721. The van der Waals surface area contributed by atoms with E-state index >= 15 is 0 Å². The predicted octanol–water partition coefficient (Wildman–Crippen LogP) is 2.13.